The number of aryl methyl sites for hydroxylation is 3. The molecule has 0 saturated carbocycles. The minimum absolute atomic E-state index is 0.124. The van der Waals surface area contributed by atoms with Crippen LogP contribution in [-0.2, 0) is 13.2 Å². The Morgan fingerprint density at radius 1 is 0.862 bits per heavy atom. The third kappa shape index (κ3) is 5.61. The van der Waals surface area contributed by atoms with E-state index in [2.05, 4.69) is 11.4 Å². The van der Waals surface area contributed by atoms with Gasteiger partial charge in [-0.3, -0.25) is 4.79 Å². The van der Waals surface area contributed by atoms with Crippen LogP contribution in [0.15, 0.2) is 60.7 Å². The van der Waals surface area contributed by atoms with Gasteiger partial charge in [0.25, 0.3) is 5.91 Å². The number of methoxy groups -OCH3 is 1. The topological polar surface area (TPSA) is 47.6 Å². The molecule has 1 N–H and O–H groups in total. The van der Waals surface area contributed by atoms with E-state index < -0.39 is 0 Å². The number of carbonyl (C=O) groups excluding carboxylic acids is 1. The van der Waals surface area contributed by atoms with Crippen LogP contribution < -0.4 is 14.8 Å². The van der Waals surface area contributed by atoms with Crippen molar-refractivity contribution in [2.24, 2.45) is 0 Å². The average Bonchev–Trinajstić information content (AvgIpc) is 2.70. The number of hydrogen-bond donors (Lipinski definition) is 1. The van der Waals surface area contributed by atoms with Crippen LogP contribution in [0.3, 0.4) is 0 Å². The monoisotopic (exact) mass is 389 g/mol. The maximum Gasteiger partial charge on any atom is 0.251 e. The van der Waals surface area contributed by atoms with Crippen LogP contribution in [0.4, 0.5) is 0 Å². The number of nitrogens with one attached hydrogen (secondary N) is 1. The fourth-order valence-electron chi connectivity index (χ4n) is 3.20. The van der Waals surface area contributed by atoms with Gasteiger partial charge in [-0.2, -0.15) is 0 Å². The Labute approximate surface area is 172 Å². The van der Waals surface area contributed by atoms with Crippen LogP contribution in [0, 0.1) is 20.8 Å². The lowest BCUT2D eigenvalue weighted by atomic mass is 10.1. The lowest BCUT2D eigenvalue weighted by Gasteiger charge is -2.13. The number of carbonyl (C=O) groups is 1. The summed E-state index contributed by atoms with van der Waals surface area (Å²) in [5, 5.41) is 2.97. The van der Waals surface area contributed by atoms with E-state index in [1.165, 1.54) is 5.56 Å². The zero-order valence-corrected chi connectivity index (χ0v) is 17.4. The zero-order chi connectivity index (χ0) is 20.8. The highest BCUT2D eigenvalue weighted by Gasteiger charge is 2.11. The van der Waals surface area contributed by atoms with Crippen molar-refractivity contribution in [1.82, 2.24) is 5.32 Å². The van der Waals surface area contributed by atoms with E-state index in [1.807, 2.05) is 63.2 Å². The van der Waals surface area contributed by atoms with Crippen LogP contribution in [0.2, 0.25) is 0 Å². The van der Waals surface area contributed by atoms with Crippen molar-refractivity contribution in [3.63, 3.8) is 0 Å². The van der Waals surface area contributed by atoms with Gasteiger partial charge in [-0.25, -0.2) is 0 Å². The molecule has 0 heterocycles. The first-order valence-electron chi connectivity index (χ1n) is 9.66. The van der Waals surface area contributed by atoms with Crippen molar-refractivity contribution in [3.05, 3.63) is 94.0 Å². The molecule has 4 heteroatoms. The summed E-state index contributed by atoms with van der Waals surface area (Å²) in [6.07, 6.45) is 0. The van der Waals surface area contributed by atoms with Crippen LogP contribution in [0.1, 0.15) is 38.2 Å². The maximum absolute atomic E-state index is 12.6. The molecular weight excluding hydrogens is 362 g/mol. The molecular formula is C25H27NO3. The summed E-state index contributed by atoms with van der Waals surface area (Å²) in [5.41, 5.74) is 5.97. The van der Waals surface area contributed by atoms with E-state index >= 15 is 0 Å². The Morgan fingerprint density at radius 3 is 2.21 bits per heavy atom. The summed E-state index contributed by atoms with van der Waals surface area (Å²) in [5.74, 6) is 1.38. The summed E-state index contributed by atoms with van der Waals surface area (Å²) < 4.78 is 11.4. The molecule has 0 atom stereocenters. The minimum Gasteiger partial charge on any atom is -0.496 e. The lowest BCUT2D eigenvalue weighted by molar-refractivity contribution is 0.0950. The Balaban J connectivity index is 1.70. The van der Waals surface area contributed by atoms with Gasteiger partial charge in [0.2, 0.25) is 0 Å². The molecule has 150 valence electrons. The minimum atomic E-state index is -0.124. The molecule has 4 nitrogen and oxygen atoms in total. The van der Waals surface area contributed by atoms with Gasteiger partial charge in [-0.1, -0.05) is 35.9 Å². The van der Waals surface area contributed by atoms with Gasteiger partial charge in [0, 0.05) is 17.7 Å². The third-order valence-corrected chi connectivity index (χ3v) is 4.71. The Hall–Kier alpha value is -3.27. The first-order valence-corrected chi connectivity index (χ1v) is 9.66. The second-order valence-corrected chi connectivity index (χ2v) is 7.31. The predicted molar refractivity (Wildman–Crippen MR) is 116 cm³/mol. The molecule has 3 aromatic rings. The van der Waals surface area contributed by atoms with E-state index in [0.717, 1.165) is 28.0 Å². The smallest absolute Gasteiger partial charge is 0.251 e. The summed E-state index contributed by atoms with van der Waals surface area (Å²) in [4.78, 5) is 12.6. The van der Waals surface area contributed by atoms with Crippen LogP contribution in [0.25, 0.3) is 0 Å². The van der Waals surface area contributed by atoms with Crippen LogP contribution >= 0.6 is 0 Å². The maximum atomic E-state index is 12.6. The fraction of sp³-hybridized carbons (Fsp3) is 0.240. The first-order chi connectivity index (χ1) is 13.9. The molecule has 0 aliphatic rings. The molecule has 0 fully saturated rings. The first kappa shape index (κ1) is 20.5. The van der Waals surface area contributed by atoms with E-state index in [-0.39, 0.29) is 5.91 Å². The normalized spacial score (nSPS) is 10.5. The number of benzene rings is 3. The standard InChI is InChI=1S/C25H27NO3/c1-17-5-7-20(8-6-17)15-26-25(27)21-9-10-24(28-4)22(14-21)16-29-23-12-18(2)11-19(3)13-23/h5-14H,15-16H2,1-4H3,(H,26,27). The van der Waals surface area contributed by atoms with E-state index in [1.54, 1.807) is 19.2 Å². The van der Waals surface area contributed by atoms with Crippen molar-refractivity contribution in [2.75, 3.05) is 7.11 Å². The van der Waals surface area contributed by atoms with Crippen molar-refractivity contribution >= 4 is 5.91 Å². The largest absolute Gasteiger partial charge is 0.496 e. The molecule has 29 heavy (non-hydrogen) atoms. The Bertz CT molecular complexity index is 973. The van der Waals surface area contributed by atoms with Gasteiger partial charge < -0.3 is 14.8 Å². The number of ether oxygens (including phenoxy) is 2. The molecule has 0 radical (unpaired) electrons. The third-order valence-electron chi connectivity index (χ3n) is 4.71. The SMILES string of the molecule is COc1ccc(C(=O)NCc2ccc(C)cc2)cc1COc1cc(C)cc(C)c1. The van der Waals surface area contributed by atoms with Gasteiger partial charge in [0.1, 0.15) is 18.1 Å². The molecule has 0 spiro atoms. The molecule has 1 amide bonds. The number of hydrogen-bond acceptors (Lipinski definition) is 3. The highest BCUT2D eigenvalue weighted by molar-refractivity contribution is 5.94. The molecule has 0 aromatic heterocycles. The van der Waals surface area contributed by atoms with Crippen molar-refractivity contribution in [3.8, 4) is 11.5 Å². The van der Waals surface area contributed by atoms with E-state index in [0.29, 0.717) is 24.5 Å². The number of amides is 1. The van der Waals surface area contributed by atoms with Gasteiger partial charge in [-0.15, -0.1) is 0 Å². The second kappa shape index (κ2) is 9.28. The highest BCUT2D eigenvalue weighted by Crippen LogP contribution is 2.23. The summed E-state index contributed by atoms with van der Waals surface area (Å²) >= 11 is 0. The van der Waals surface area contributed by atoms with Gasteiger partial charge in [0.15, 0.2) is 0 Å². The van der Waals surface area contributed by atoms with Crippen molar-refractivity contribution in [2.45, 2.75) is 33.9 Å². The molecule has 0 aliphatic heterocycles. The van der Waals surface area contributed by atoms with Crippen molar-refractivity contribution < 1.29 is 14.3 Å². The molecule has 0 bridgehead atoms. The summed E-state index contributed by atoms with van der Waals surface area (Å²) in [6, 6.07) is 19.6. The van der Waals surface area contributed by atoms with Gasteiger partial charge in [-0.05, 0) is 67.8 Å². The quantitative estimate of drug-likeness (QED) is 0.609. The van der Waals surface area contributed by atoms with E-state index in [4.69, 9.17) is 9.47 Å². The average molecular weight is 389 g/mol. The summed E-state index contributed by atoms with van der Waals surface area (Å²) in [6.45, 7) is 6.94. The fourth-order valence-corrected chi connectivity index (χ4v) is 3.20. The molecule has 0 unspecified atom stereocenters. The predicted octanol–water partition coefficient (Wildman–Crippen LogP) is 5.13. The zero-order valence-electron chi connectivity index (χ0n) is 17.4. The Morgan fingerprint density at radius 2 is 1.55 bits per heavy atom. The van der Waals surface area contributed by atoms with Crippen molar-refractivity contribution in [1.29, 1.82) is 0 Å². The van der Waals surface area contributed by atoms with Gasteiger partial charge in [0.05, 0.1) is 7.11 Å². The summed E-state index contributed by atoms with van der Waals surface area (Å²) in [7, 11) is 1.62. The van der Waals surface area contributed by atoms with Crippen LogP contribution in [-0.4, -0.2) is 13.0 Å². The van der Waals surface area contributed by atoms with Gasteiger partial charge >= 0.3 is 0 Å². The van der Waals surface area contributed by atoms with E-state index in [9.17, 15) is 4.79 Å². The van der Waals surface area contributed by atoms with Crippen LogP contribution in [0.5, 0.6) is 11.5 Å². The number of rotatable bonds is 7. The lowest BCUT2D eigenvalue weighted by Crippen LogP contribution is -2.23. The molecule has 0 aliphatic carbocycles. The Kier molecular flexibility index (Phi) is 6.55. The molecule has 3 rings (SSSR count). The molecule has 0 saturated heterocycles. The molecule has 3 aromatic carbocycles. The highest BCUT2D eigenvalue weighted by atomic mass is 16.5. The second-order valence-electron chi connectivity index (χ2n) is 7.31.